The van der Waals surface area contributed by atoms with Crippen molar-refractivity contribution in [1.29, 1.82) is 0 Å². The van der Waals surface area contributed by atoms with Crippen molar-refractivity contribution >= 4 is 17.5 Å². The van der Waals surface area contributed by atoms with Crippen LogP contribution in [0.5, 0.6) is 0 Å². The predicted molar refractivity (Wildman–Crippen MR) is 93.2 cm³/mol. The number of nitrogens with one attached hydrogen (secondary N) is 1. The van der Waals surface area contributed by atoms with Gasteiger partial charge in [-0.25, -0.2) is 14.1 Å². The minimum Gasteiger partial charge on any atom is -0.366 e. The van der Waals surface area contributed by atoms with Gasteiger partial charge >= 0.3 is 0 Å². The Morgan fingerprint density at radius 2 is 1.92 bits per heavy atom. The molecule has 2 amide bonds. The number of benzene rings is 2. The second-order valence-electron chi connectivity index (χ2n) is 5.74. The predicted octanol–water partition coefficient (Wildman–Crippen LogP) is 2.13. The molecular formula is C18H16FN5O2. The Balaban J connectivity index is 1.77. The number of aromatic nitrogens is 3. The molecule has 0 aliphatic rings. The highest BCUT2D eigenvalue weighted by Crippen LogP contribution is 2.21. The molecule has 8 heteroatoms. The summed E-state index contributed by atoms with van der Waals surface area (Å²) >= 11 is 0. The third-order valence-electron chi connectivity index (χ3n) is 3.90. The SMILES string of the molecule is Cc1c(F)cc(C(N)=O)cc1NC(=O)c1ccc(Cn2cncn2)cc1. The number of carbonyl (C=O) groups excluding carboxylic acids is 2. The van der Waals surface area contributed by atoms with Gasteiger partial charge in [-0.2, -0.15) is 5.10 Å². The maximum atomic E-state index is 13.9. The highest BCUT2D eigenvalue weighted by Gasteiger charge is 2.14. The second-order valence-corrected chi connectivity index (χ2v) is 5.74. The Bertz CT molecular complexity index is 952. The fourth-order valence-corrected chi connectivity index (χ4v) is 2.41. The number of halogens is 1. The lowest BCUT2D eigenvalue weighted by molar-refractivity contribution is 0.0995. The number of hydrogen-bond donors (Lipinski definition) is 2. The Labute approximate surface area is 148 Å². The quantitative estimate of drug-likeness (QED) is 0.733. The van der Waals surface area contributed by atoms with E-state index in [4.69, 9.17) is 5.73 Å². The Morgan fingerprint density at radius 3 is 2.54 bits per heavy atom. The summed E-state index contributed by atoms with van der Waals surface area (Å²) in [5.74, 6) is -1.79. The van der Waals surface area contributed by atoms with Crippen molar-refractivity contribution in [1.82, 2.24) is 14.8 Å². The van der Waals surface area contributed by atoms with E-state index < -0.39 is 17.6 Å². The number of nitrogens with zero attached hydrogens (tertiary/aromatic N) is 3. The molecule has 0 atom stereocenters. The van der Waals surface area contributed by atoms with Gasteiger partial charge in [-0.1, -0.05) is 12.1 Å². The summed E-state index contributed by atoms with van der Waals surface area (Å²) < 4.78 is 15.6. The molecule has 1 heterocycles. The van der Waals surface area contributed by atoms with Crippen LogP contribution in [0.2, 0.25) is 0 Å². The van der Waals surface area contributed by atoms with E-state index in [0.29, 0.717) is 12.1 Å². The molecule has 0 saturated carbocycles. The largest absolute Gasteiger partial charge is 0.366 e. The van der Waals surface area contributed by atoms with Crippen LogP contribution in [-0.4, -0.2) is 26.6 Å². The molecule has 0 unspecified atom stereocenters. The zero-order valence-electron chi connectivity index (χ0n) is 13.9. The van der Waals surface area contributed by atoms with Crippen molar-refractivity contribution in [2.75, 3.05) is 5.32 Å². The number of amides is 2. The van der Waals surface area contributed by atoms with Crippen LogP contribution in [0.15, 0.2) is 49.1 Å². The molecule has 0 radical (unpaired) electrons. The standard InChI is InChI=1S/C18H16FN5O2/c1-11-15(19)6-14(17(20)25)7-16(11)23-18(26)13-4-2-12(3-5-13)8-24-10-21-9-22-24/h2-7,9-10H,8H2,1H3,(H2,20,25)(H,23,26). The molecule has 3 N–H and O–H groups in total. The molecule has 0 aliphatic carbocycles. The van der Waals surface area contributed by atoms with Crippen LogP contribution < -0.4 is 11.1 Å². The lowest BCUT2D eigenvalue weighted by Gasteiger charge is -2.11. The number of rotatable bonds is 5. The van der Waals surface area contributed by atoms with E-state index in [1.54, 1.807) is 35.3 Å². The van der Waals surface area contributed by atoms with Crippen molar-refractivity contribution in [2.45, 2.75) is 13.5 Å². The second kappa shape index (κ2) is 7.14. The zero-order valence-corrected chi connectivity index (χ0v) is 13.9. The first-order valence-corrected chi connectivity index (χ1v) is 7.76. The van der Waals surface area contributed by atoms with Crippen molar-refractivity contribution in [2.24, 2.45) is 5.73 Å². The molecule has 3 rings (SSSR count). The lowest BCUT2D eigenvalue weighted by Crippen LogP contribution is -2.16. The van der Waals surface area contributed by atoms with E-state index in [1.807, 2.05) is 0 Å². The van der Waals surface area contributed by atoms with E-state index in [0.717, 1.165) is 11.6 Å². The summed E-state index contributed by atoms with van der Waals surface area (Å²) in [4.78, 5) is 27.6. The zero-order chi connectivity index (χ0) is 18.7. The molecule has 0 aliphatic heterocycles. The molecule has 0 spiro atoms. The smallest absolute Gasteiger partial charge is 0.255 e. The van der Waals surface area contributed by atoms with Crippen LogP contribution in [0.25, 0.3) is 0 Å². The maximum Gasteiger partial charge on any atom is 0.255 e. The Morgan fingerprint density at radius 1 is 1.19 bits per heavy atom. The summed E-state index contributed by atoms with van der Waals surface area (Å²) in [6, 6.07) is 9.31. The van der Waals surface area contributed by atoms with E-state index >= 15 is 0 Å². The van der Waals surface area contributed by atoms with Gasteiger partial charge in [-0.05, 0) is 36.8 Å². The number of anilines is 1. The third kappa shape index (κ3) is 3.75. The van der Waals surface area contributed by atoms with Gasteiger partial charge < -0.3 is 11.1 Å². The van der Waals surface area contributed by atoms with Gasteiger partial charge in [0.15, 0.2) is 0 Å². The monoisotopic (exact) mass is 353 g/mol. The van der Waals surface area contributed by atoms with E-state index in [-0.39, 0.29) is 16.8 Å². The number of primary amides is 1. The van der Waals surface area contributed by atoms with Gasteiger partial charge in [0.1, 0.15) is 18.5 Å². The van der Waals surface area contributed by atoms with Gasteiger partial charge in [0.25, 0.3) is 5.91 Å². The van der Waals surface area contributed by atoms with Gasteiger partial charge in [0, 0.05) is 22.4 Å². The van der Waals surface area contributed by atoms with Crippen LogP contribution >= 0.6 is 0 Å². The van der Waals surface area contributed by atoms with E-state index in [1.165, 1.54) is 19.3 Å². The summed E-state index contributed by atoms with van der Waals surface area (Å²) in [5, 5.41) is 6.63. The molecule has 3 aromatic rings. The average Bonchev–Trinajstić information content (AvgIpc) is 3.12. The van der Waals surface area contributed by atoms with E-state index in [9.17, 15) is 14.0 Å². The average molecular weight is 353 g/mol. The fourth-order valence-electron chi connectivity index (χ4n) is 2.41. The molecule has 26 heavy (non-hydrogen) atoms. The molecule has 0 fully saturated rings. The van der Waals surface area contributed by atoms with Gasteiger partial charge in [-0.15, -0.1) is 0 Å². The minimum atomic E-state index is -0.767. The molecule has 1 aromatic heterocycles. The molecule has 0 bridgehead atoms. The number of carbonyl (C=O) groups is 2. The van der Waals surface area contributed by atoms with Crippen molar-refractivity contribution in [3.05, 3.63) is 77.1 Å². The molecule has 7 nitrogen and oxygen atoms in total. The van der Waals surface area contributed by atoms with Crippen molar-refractivity contribution < 1.29 is 14.0 Å². The molecule has 0 saturated heterocycles. The van der Waals surface area contributed by atoms with Crippen LogP contribution in [0.1, 0.15) is 31.8 Å². The van der Waals surface area contributed by atoms with Crippen LogP contribution in [-0.2, 0) is 6.54 Å². The summed E-state index contributed by atoms with van der Waals surface area (Å²) in [6.45, 7) is 2.05. The summed E-state index contributed by atoms with van der Waals surface area (Å²) in [6.07, 6.45) is 3.05. The molecule has 2 aromatic carbocycles. The third-order valence-corrected chi connectivity index (χ3v) is 3.90. The fraction of sp³-hybridized carbons (Fsp3) is 0.111. The first-order valence-electron chi connectivity index (χ1n) is 7.76. The van der Waals surface area contributed by atoms with E-state index in [2.05, 4.69) is 15.4 Å². The first kappa shape index (κ1) is 17.3. The maximum absolute atomic E-state index is 13.9. The van der Waals surface area contributed by atoms with Gasteiger partial charge in [-0.3, -0.25) is 9.59 Å². The van der Waals surface area contributed by atoms with Crippen LogP contribution in [0, 0.1) is 12.7 Å². The summed E-state index contributed by atoms with van der Waals surface area (Å²) in [5.41, 5.74) is 6.96. The van der Waals surface area contributed by atoms with Crippen LogP contribution in [0.4, 0.5) is 10.1 Å². The lowest BCUT2D eigenvalue weighted by atomic mass is 10.1. The Kier molecular flexibility index (Phi) is 4.74. The topological polar surface area (TPSA) is 103 Å². The highest BCUT2D eigenvalue weighted by atomic mass is 19.1. The normalized spacial score (nSPS) is 10.5. The molecule has 132 valence electrons. The van der Waals surface area contributed by atoms with Crippen molar-refractivity contribution in [3.63, 3.8) is 0 Å². The van der Waals surface area contributed by atoms with Gasteiger partial charge in [0.05, 0.1) is 6.54 Å². The van der Waals surface area contributed by atoms with Gasteiger partial charge in [0.2, 0.25) is 5.91 Å². The number of hydrogen-bond acceptors (Lipinski definition) is 4. The van der Waals surface area contributed by atoms with Crippen LogP contribution in [0.3, 0.4) is 0 Å². The summed E-state index contributed by atoms with van der Waals surface area (Å²) in [7, 11) is 0. The minimum absolute atomic E-state index is 0.00780. The first-order chi connectivity index (χ1) is 12.4. The number of nitrogens with two attached hydrogens (primary N) is 1. The highest BCUT2D eigenvalue weighted by molar-refractivity contribution is 6.05. The molecular weight excluding hydrogens is 337 g/mol. The van der Waals surface area contributed by atoms with Crippen molar-refractivity contribution in [3.8, 4) is 0 Å². The Hall–Kier alpha value is -3.55.